The summed E-state index contributed by atoms with van der Waals surface area (Å²) in [4.78, 5) is 4.18. The fraction of sp³-hybridized carbons (Fsp3) is 0.727. The summed E-state index contributed by atoms with van der Waals surface area (Å²) in [6, 6.07) is -0.189. The molecule has 0 saturated carbocycles. The number of hydrogen-bond donors (Lipinski definition) is 2. The zero-order valence-corrected chi connectivity index (χ0v) is 12.8. The number of aromatic nitrogens is 1. The van der Waals surface area contributed by atoms with E-state index in [9.17, 15) is 8.42 Å². The largest absolute Gasteiger partial charge is 0.323 e. The van der Waals surface area contributed by atoms with Gasteiger partial charge in [-0.25, -0.2) is 9.71 Å². The first-order valence-electron chi connectivity index (χ1n) is 6.37. The topological polar surface area (TPSA) is 88.3 Å². The third kappa shape index (κ3) is 3.65. The van der Waals surface area contributed by atoms with E-state index in [-0.39, 0.29) is 6.04 Å². The van der Waals surface area contributed by atoms with E-state index in [0.29, 0.717) is 29.8 Å². The third-order valence-electron chi connectivity index (χ3n) is 3.29. The molecule has 1 fully saturated rings. The first-order valence-corrected chi connectivity index (χ1v) is 8.69. The Hall–Kier alpha value is -0.700. The van der Waals surface area contributed by atoms with Crippen LogP contribution >= 0.6 is 11.3 Å². The van der Waals surface area contributed by atoms with Crippen molar-refractivity contribution in [1.82, 2.24) is 9.29 Å². The van der Waals surface area contributed by atoms with Gasteiger partial charge in [-0.05, 0) is 25.7 Å². The molecule has 6 nitrogen and oxygen atoms in total. The molecule has 1 aromatic heterocycles. The van der Waals surface area contributed by atoms with E-state index in [2.05, 4.69) is 16.6 Å². The van der Waals surface area contributed by atoms with E-state index in [1.165, 1.54) is 15.6 Å². The van der Waals surface area contributed by atoms with Crippen LogP contribution in [-0.4, -0.2) is 30.8 Å². The van der Waals surface area contributed by atoms with Crippen molar-refractivity contribution in [2.45, 2.75) is 32.7 Å². The number of piperidine rings is 1. The van der Waals surface area contributed by atoms with Crippen LogP contribution in [0.3, 0.4) is 0 Å². The van der Waals surface area contributed by atoms with E-state index >= 15 is 0 Å². The monoisotopic (exact) mass is 304 g/mol. The molecule has 1 saturated heterocycles. The first-order chi connectivity index (χ1) is 8.88. The van der Waals surface area contributed by atoms with Crippen molar-refractivity contribution in [3.05, 3.63) is 11.1 Å². The van der Waals surface area contributed by atoms with Crippen LogP contribution in [0.4, 0.5) is 5.13 Å². The van der Waals surface area contributed by atoms with Gasteiger partial charge >= 0.3 is 10.2 Å². The van der Waals surface area contributed by atoms with Gasteiger partial charge in [0.25, 0.3) is 0 Å². The fourth-order valence-corrected chi connectivity index (χ4v) is 4.20. The Kier molecular flexibility index (Phi) is 4.44. The van der Waals surface area contributed by atoms with Gasteiger partial charge in [-0.15, -0.1) is 11.3 Å². The summed E-state index contributed by atoms with van der Waals surface area (Å²) in [5.74, 6) is 0.594. The second kappa shape index (κ2) is 5.74. The van der Waals surface area contributed by atoms with Crippen LogP contribution in [0.1, 0.15) is 38.4 Å². The number of hydrogen-bond acceptors (Lipinski definition) is 5. The van der Waals surface area contributed by atoms with E-state index in [4.69, 9.17) is 5.73 Å². The molecule has 1 aliphatic heterocycles. The maximum atomic E-state index is 12.2. The first kappa shape index (κ1) is 14.7. The van der Waals surface area contributed by atoms with E-state index in [0.717, 1.165) is 12.8 Å². The summed E-state index contributed by atoms with van der Waals surface area (Å²) >= 11 is 1.26. The standard InChI is InChI=1S/C11H20N4O2S2/c1-8-3-5-15(6-4-8)19(16,17)14-11-13-10(7-18-11)9(2)12/h7-9H,3-6,12H2,1-2H3,(H,13,14). The van der Waals surface area contributed by atoms with Crippen LogP contribution in [0.5, 0.6) is 0 Å². The summed E-state index contributed by atoms with van der Waals surface area (Å²) < 4.78 is 28.4. The zero-order chi connectivity index (χ0) is 14.0. The number of rotatable bonds is 4. The summed E-state index contributed by atoms with van der Waals surface area (Å²) in [5.41, 5.74) is 6.41. The van der Waals surface area contributed by atoms with Crippen molar-refractivity contribution < 1.29 is 8.42 Å². The Balaban J connectivity index is 2.04. The van der Waals surface area contributed by atoms with E-state index < -0.39 is 10.2 Å². The quantitative estimate of drug-likeness (QED) is 0.883. The number of nitrogens with zero attached hydrogens (tertiary/aromatic N) is 2. The molecule has 3 N–H and O–H groups in total. The molecule has 0 spiro atoms. The predicted octanol–water partition coefficient (Wildman–Crippen LogP) is 1.55. The number of nitrogens with two attached hydrogens (primary N) is 1. The van der Waals surface area contributed by atoms with Gasteiger partial charge in [0.15, 0.2) is 5.13 Å². The lowest BCUT2D eigenvalue weighted by Crippen LogP contribution is -2.41. The van der Waals surface area contributed by atoms with E-state index in [1.54, 1.807) is 5.38 Å². The molecule has 8 heteroatoms. The summed E-state index contributed by atoms with van der Waals surface area (Å²) in [7, 11) is -3.48. The fourth-order valence-electron chi connectivity index (χ4n) is 1.94. The molecule has 0 amide bonds. The van der Waals surface area contributed by atoms with Gasteiger partial charge in [0.2, 0.25) is 0 Å². The van der Waals surface area contributed by atoms with Crippen molar-refractivity contribution in [2.24, 2.45) is 11.7 Å². The molecule has 1 unspecified atom stereocenters. The predicted molar refractivity (Wildman–Crippen MR) is 77.2 cm³/mol. The zero-order valence-electron chi connectivity index (χ0n) is 11.2. The molecule has 1 aliphatic rings. The SMILES string of the molecule is CC1CCN(S(=O)(=O)Nc2nc(C(C)N)cs2)CC1. The van der Waals surface area contributed by atoms with E-state index in [1.807, 2.05) is 6.92 Å². The molecule has 0 bridgehead atoms. The summed E-state index contributed by atoms with van der Waals surface area (Å²) in [6.45, 7) is 5.11. The highest BCUT2D eigenvalue weighted by Crippen LogP contribution is 2.23. The molecule has 1 atom stereocenters. The minimum absolute atomic E-state index is 0.189. The number of thiazole rings is 1. The highest BCUT2D eigenvalue weighted by Gasteiger charge is 2.27. The molecule has 0 aromatic carbocycles. The smallest absolute Gasteiger partial charge is 0.303 e. The normalized spacial score (nSPS) is 20.4. The highest BCUT2D eigenvalue weighted by molar-refractivity contribution is 7.90. The van der Waals surface area contributed by atoms with Crippen LogP contribution in [0.2, 0.25) is 0 Å². The Morgan fingerprint density at radius 2 is 2.16 bits per heavy atom. The molecule has 0 aliphatic carbocycles. The summed E-state index contributed by atoms with van der Waals surface area (Å²) in [5, 5.41) is 2.16. The molecule has 2 rings (SSSR count). The van der Waals surface area contributed by atoms with Crippen LogP contribution in [0.15, 0.2) is 5.38 Å². The van der Waals surface area contributed by atoms with Gasteiger partial charge in [0, 0.05) is 24.5 Å². The van der Waals surface area contributed by atoms with Gasteiger partial charge in [0.05, 0.1) is 5.69 Å². The second-order valence-corrected chi connectivity index (χ2v) is 7.58. The van der Waals surface area contributed by atoms with Gasteiger partial charge in [-0.3, -0.25) is 0 Å². The molecule has 108 valence electrons. The van der Waals surface area contributed by atoms with Crippen molar-refractivity contribution >= 4 is 26.7 Å². The molecular formula is C11H20N4O2S2. The second-order valence-electron chi connectivity index (χ2n) is 5.05. The van der Waals surface area contributed by atoms with Crippen LogP contribution < -0.4 is 10.5 Å². The van der Waals surface area contributed by atoms with Crippen molar-refractivity contribution in [3.63, 3.8) is 0 Å². The van der Waals surface area contributed by atoms with Crippen LogP contribution in [0.25, 0.3) is 0 Å². The van der Waals surface area contributed by atoms with Crippen LogP contribution in [0, 0.1) is 5.92 Å². The Morgan fingerprint density at radius 3 is 2.68 bits per heavy atom. The molecule has 19 heavy (non-hydrogen) atoms. The molecule has 0 radical (unpaired) electrons. The van der Waals surface area contributed by atoms with Crippen LogP contribution in [-0.2, 0) is 10.2 Å². The maximum absolute atomic E-state index is 12.2. The number of nitrogens with one attached hydrogen (secondary N) is 1. The van der Waals surface area contributed by atoms with Gasteiger partial charge in [0.1, 0.15) is 0 Å². The number of anilines is 1. The molecule has 2 heterocycles. The van der Waals surface area contributed by atoms with Gasteiger partial charge < -0.3 is 5.73 Å². The van der Waals surface area contributed by atoms with Gasteiger partial charge in [-0.1, -0.05) is 6.92 Å². The Bertz CT molecular complexity index is 519. The Morgan fingerprint density at radius 1 is 1.53 bits per heavy atom. The van der Waals surface area contributed by atoms with Gasteiger partial charge in [-0.2, -0.15) is 12.7 Å². The lowest BCUT2D eigenvalue weighted by molar-refractivity contribution is 0.289. The minimum Gasteiger partial charge on any atom is -0.323 e. The third-order valence-corrected chi connectivity index (χ3v) is 5.69. The summed E-state index contributed by atoms with van der Waals surface area (Å²) in [6.07, 6.45) is 1.81. The highest BCUT2D eigenvalue weighted by atomic mass is 32.2. The minimum atomic E-state index is -3.48. The average Bonchev–Trinajstić information content (AvgIpc) is 2.77. The molecular weight excluding hydrogens is 284 g/mol. The maximum Gasteiger partial charge on any atom is 0.303 e. The van der Waals surface area contributed by atoms with Crippen molar-refractivity contribution in [2.75, 3.05) is 17.8 Å². The lowest BCUT2D eigenvalue weighted by Gasteiger charge is -2.29. The average molecular weight is 304 g/mol. The van der Waals surface area contributed by atoms with Crippen molar-refractivity contribution in [1.29, 1.82) is 0 Å². The molecule has 1 aromatic rings. The Labute approximate surface area is 118 Å². The lowest BCUT2D eigenvalue weighted by atomic mass is 10.0. The van der Waals surface area contributed by atoms with Crippen molar-refractivity contribution in [3.8, 4) is 0 Å².